The van der Waals surface area contributed by atoms with Crippen LogP contribution in [0.4, 0.5) is 15.8 Å². The lowest BCUT2D eigenvalue weighted by molar-refractivity contribution is 0.607. The van der Waals surface area contributed by atoms with E-state index >= 15 is 0 Å². The second-order valence-corrected chi connectivity index (χ2v) is 5.39. The Morgan fingerprint density at radius 2 is 2.05 bits per heavy atom. The minimum atomic E-state index is -0.383. The number of nitrogens with zero attached hydrogens (tertiary/aromatic N) is 2. The van der Waals surface area contributed by atoms with Gasteiger partial charge in [0.15, 0.2) is 0 Å². The highest BCUT2D eigenvalue weighted by Gasteiger charge is 2.10. The van der Waals surface area contributed by atoms with Gasteiger partial charge in [-0.15, -0.1) is 0 Å². The van der Waals surface area contributed by atoms with Crippen LogP contribution in [0.15, 0.2) is 40.9 Å². The lowest BCUT2D eigenvalue weighted by Crippen LogP contribution is -2.18. The third-order valence-corrected chi connectivity index (χ3v) is 3.48. The normalized spacial score (nSPS) is 10.1. The molecule has 0 unspecified atom stereocenters. The van der Waals surface area contributed by atoms with Crippen molar-refractivity contribution in [2.75, 3.05) is 17.7 Å². The number of rotatable bonds is 3. The Morgan fingerprint density at radius 3 is 2.65 bits per heavy atom. The maximum absolute atomic E-state index is 13.9. The molecule has 5 heteroatoms. The van der Waals surface area contributed by atoms with E-state index < -0.39 is 0 Å². The number of hydrogen-bond acceptors (Lipinski definition) is 3. The Hall–Kier alpha value is -2.06. The van der Waals surface area contributed by atoms with Crippen LogP contribution in [0.3, 0.4) is 0 Å². The Labute approximate surface area is 125 Å². The summed E-state index contributed by atoms with van der Waals surface area (Å²) in [6, 6.07) is 12.0. The molecule has 0 aromatic heterocycles. The van der Waals surface area contributed by atoms with Gasteiger partial charge in [0.2, 0.25) is 0 Å². The lowest BCUT2D eigenvalue weighted by atomic mass is 10.1. The van der Waals surface area contributed by atoms with E-state index in [0.717, 1.165) is 10.2 Å². The van der Waals surface area contributed by atoms with Gasteiger partial charge in [-0.25, -0.2) is 4.39 Å². The van der Waals surface area contributed by atoms with Gasteiger partial charge in [-0.2, -0.15) is 5.26 Å². The summed E-state index contributed by atoms with van der Waals surface area (Å²) >= 11 is 3.35. The third kappa shape index (κ3) is 3.09. The van der Waals surface area contributed by atoms with Gasteiger partial charge in [-0.1, -0.05) is 22.0 Å². The topological polar surface area (TPSA) is 53.0 Å². The van der Waals surface area contributed by atoms with Crippen molar-refractivity contribution in [1.29, 1.82) is 5.26 Å². The molecule has 0 spiro atoms. The van der Waals surface area contributed by atoms with Crippen LogP contribution in [0.1, 0.15) is 11.1 Å². The summed E-state index contributed by atoms with van der Waals surface area (Å²) in [6.45, 7) is 0.378. The van der Waals surface area contributed by atoms with E-state index in [-0.39, 0.29) is 5.82 Å². The zero-order valence-electron chi connectivity index (χ0n) is 10.9. The van der Waals surface area contributed by atoms with E-state index in [0.29, 0.717) is 23.4 Å². The average Bonchev–Trinajstić information content (AvgIpc) is 2.40. The van der Waals surface area contributed by atoms with Crippen molar-refractivity contribution < 1.29 is 4.39 Å². The van der Waals surface area contributed by atoms with Crippen molar-refractivity contribution in [3.63, 3.8) is 0 Å². The highest BCUT2D eigenvalue weighted by atomic mass is 79.9. The second-order valence-electron chi connectivity index (χ2n) is 4.48. The van der Waals surface area contributed by atoms with E-state index in [1.54, 1.807) is 18.2 Å². The highest BCUT2D eigenvalue weighted by Crippen LogP contribution is 2.27. The number of hydrogen-bond donors (Lipinski definition) is 1. The molecule has 2 aromatic rings. The molecular formula is C15H13BrFN3. The van der Waals surface area contributed by atoms with Crippen LogP contribution in [0, 0.1) is 17.1 Å². The van der Waals surface area contributed by atoms with Crippen molar-refractivity contribution >= 4 is 27.3 Å². The largest absolute Gasteiger partial charge is 0.397 e. The molecular weight excluding hydrogens is 321 g/mol. The summed E-state index contributed by atoms with van der Waals surface area (Å²) in [5, 5.41) is 8.73. The average molecular weight is 334 g/mol. The van der Waals surface area contributed by atoms with E-state index in [1.165, 1.54) is 6.07 Å². The molecule has 0 aliphatic carbocycles. The fraction of sp³-hybridized carbons (Fsp3) is 0.133. The summed E-state index contributed by atoms with van der Waals surface area (Å²) in [5.41, 5.74) is 8.24. The molecule has 0 radical (unpaired) electrons. The predicted molar refractivity (Wildman–Crippen MR) is 81.8 cm³/mol. The standard InChI is InChI=1S/C15H13BrFN3/c1-20(15-5-4-12(16)7-14(15)19)9-11-3-2-10(8-18)6-13(11)17/h2-7H,9,19H2,1H3. The van der Waals surface area contributed by atoms with E-state index in [2.05, 4.69) is 15.9 Å². The van der Waals surface area contributed by atoms with Crippen molar-refractivity contribution in [2.24, 2.45) is 0 Å². The smallest absolute Gasteiger partial charge is 0.129 e. The van der Waals surface area contributed by atoms with Crippen LogP contribution in [-0.2, 0) is 6.54 Å². The summed E-state index contributed by atoms with van der Waals surface area (Å²) in [5.74, 6) is -0.383. The van der Waals surface area contributed by atoms with E-state index in [4.69, 9.17) is 11.0 Å². The molecule has 2 rings (SSSR count). The molecule has 2 N–H and O–H groups in total. The van der Waals surface area contributed by atoms with Crippen molar-refractivity contribution in [3.05, 3.63) is 57.8 Å². The van der Waals surface area contributed by atoms with Gasteiger partial charge in [-0.05, 0) is 30.3 Å². The first-order valence-electron chi connectivity index (χ1n) is 5.96. The zero-order chi connectivity index (χ0) is 14.7. The number of nitrogens with two attached hydrogens (primary N) is 1. The number of anilines is 2. The highest BCUT2D eigenvalue weighted by molar-refractivity contribution is 9.10. The molecule has 0 atom stereocenters. The van der Waals surface area contributed by atoms with Gasteiger partial charge in [0.05, 0.1) is 23.0 Å². The van der Waals surface area contributed by atoms with Crippen molar-refractivity contribution in [3.8, 4) is 6.07 Å². The number of halogens is 2. The predicted octanol–water partition coefficient (Wildman–Crippen LogP) is 3.68. The van der Waals surface area contributed by atoms with Crippen LogP contribution in [0.2, 0.25) is 0 Å². The molecule has 3 nitrogen and oxygen atoms in total. The molecule has 0 aliphatic heterocycles. The molecule has 0 saturated carbocycles. The van der Waals surface area contributed by atoms with Crippen molar-refractivity contribution in [1.82, 2.24) is 0 Å². The molecule has 0 heterocycles. The van der Waals surface area contributed by atoms with Gasteiger partial charge < -0.3 is 10.6 Å². The van der Waals surface area contributed by atoms with Crippen molar-refractivity contribution in [2.45, 2.75) is 6.54 Å². The maximum atomic E-state index is 13.9. The first kappa shape index (κ1) is 14.4. The van der Waals surface area contributed by atoms with Gasteiger partial charge >= 0.3 is 0 Å². The number of benzene rings is 2. The Balaban J connectivity index is 2.23. The Kier molecular flexibility index (Phi) is 4.26. The minimum absolute atomic E-state index is 0.317. The van der Waals surface area contributed by atoms with Gasteiger partial charge in [0, 0.05) is 23.6 Å². The van der Waals surface area contributed by atoms with Gasteiger partial charge in [0.1, 0.15) is 5.82 Å². The summed E-state index contributed by atoms with van der Waals surface area (Å²) in [6.07, 6.45) is 0. The second kappa shape index (κ2) is 5.93. The SMILES string of the molecule is CN(Cc1ccc(C#N)cc1F)c1ccc(Br)cc1N. The molecule has 102 valence electrons. The van der Waals surface area contributed by atoms with Gasteiger partial charge in [-0.3, -0.25) is 0 Å². The van der Waals surface area contributed by atoms with Gasteiger partial charge in [0.25, 0.3) is 0 Å². The minimum Gasteiger partial charge on any atom is -0.397 e. The first-order chi connectivity index (χ1) is 9.51. The molecule has 0 aliphatic rings. The molecule has 2 aromatic carbocycles. The van der Waals surface area contributed by atoms with Crippen LogP contribution in [-0.4, -0.2) is 7.05 Å². The fourth-order valence-electron chi connectivity index (χ4n) is 1.96. The third-order valence-electron chi connectivity index (χ3n) is 2.99. The molecule has 0 fully saturated rings. The quantitative estimate of drug-likeness (QED) is 0.871. The Morgan fingerprint density at radius 1 is 1.30 bits per heavy atom. The van der Waals surface area contributed by atoms with E-state index in [1.807, 2.05) is 30.1 Å². The molecule has 0 saturated heterocycles. The first-order valence-corrected chi connectivity index (χ1v) is 6.75. The van der Waals surface area contributed by atoms with E-state index in [9.17, 15) is 4.39 Å². The monoisotopic (exact) mass is 333 g/mol. The number of nitriles is 1. The number of nitrogen functional groups attached to an aromatic ring is 1. The Bertz CT molecular complexity index is 679. The zero-order valence-corrected chi connectivity index (χ0v) is 12.5. The molecule has 20 heavy (non-hydrogen) atoms. The molecule has 0 bridgehead atoms. The van der Waals surface area contributed by atoms with Crippen LogP contribution in [0.5, 0.6) is 0 Å². The maximum Gasteiger partial charge on any atom is 0.129 e. The van der Waals surface area contributed by atoms with Crippen LogP contribution >= 0.6 is 15.9 Å². The summed E-state index contributed by atoms with van der Waals surface area (Å²) in [7, 11) is 1.84. The fourth-order valence-corrected chi connectivity index (χ4v) is 2.34. The summed E-state index contributed by atoms with van der Waals surface area (Å²) in [4.78, 5) is 1.87. The lowest BCUT2D eigenvalue weighted by Gasteiger charge is -2.21. The van der Waals surface area contributed by atoms with Crippen LogP contribution in [0.25, 0.3) is 0 Å². The van der Waals surface area contributed by atoms with Crippen LogP contribution < -0.4 is 10.6 Å². The summed E-state index contributed by atoms with van der Waals surface area (Å²) < 4.78 is 14.8. The molecule has 0 amide bonds.